The number of aromatic nitrogens is 1. The Bertz CT molecular complexity index is 984. The monoisotopic (exact) mass is 342 g/mol. The summed E-state index contributed by atoms with van der Waals surface area (Å²) in [5, 5.41) is 13.1. The van der Waals surface area contributed by atoms with Gasteiger partial charge in [0.1, 0.15) is 17.6 Å². The summed E-state index contributed by atoms with van der Waals surface area (Å²) < 4.78 is 19.3. The lowest BCUT2D eigenvalue weighted by atomic mass is 10.1. The van der Waals surface area contributed by atoms with E-state index in [4.69, 9.17) is 22.1 Å². The summed E-state index contributed by atoms with van der Waals surface area (Å²) in [6.07, 6.45) is 1.41. The zero-order chi connectivity index (χ0) is 17.3. The van der Waals surface area contributed by atoms with Gasteiger partial charge in [-0.1, -0.05) is 11.6 Å². The fourth-order valence-electron chi connectivity index (χ4n) is 2.36. The number of hydrogen-bond donors (Lipinski definition) is 2. The van der Waals surface area contributed by atoms with Crippen LogP contribution in [0.15, 0.2) is 36.5 Å². The van der Waals surface area contributed by atoms with E-state index in [2.05, 4.69) is 10.3 Å². The number of pyridine rings is 1. The van der Waals surface area contributed by atoms with Gasteiger partial charge in [-0.05, 0) is 24.3 Å². The van der Waals surface area contributed by atoms with Gasteiger partial charge in [0.25, 0.3) is 0 Å². The molecule has 0 saturated carbocycles. The van der Waals surface area contributed by atoms with Crippen molar-refractivity contribution in [3.8, 4) is 11.8 Å². The number of nitrogens with two attached hydrogens (primary N) is 1. The Morgan fingerprint density at radius 3 is 2.79 bits per heavy atom. The van der Waals surface area contributed by atoms with E-state index in [1.54, 1.807) is 18.2 Å². The summed E-state index contributed by atoms with van der Waals surface area (Å²) >= 11 is 5.77. The molecular formula is C17H12ClFN4O. The largest absolute Gasteiger partial charge is 0.495 e. The van der Waals surface area contributed by atoms with Crippen molar-refractivity contribution in [3.63, 3.8) is 0 Å². The molecule has 7 heteroatoms. The molecule has 5 nitrogen and oxygen atoms in total. The van der Waals surface area contributed by atoms with Crippen molar-refractivity contribution in [1.82, 2.24) is 4.98 Å². The van der Waals surface area contributed by atoms with Gasteiger partial charge < -0.3 is 15.8 Å². The number of nitrogen functional groups attached to an aromatic ring is 1. The minimum absolute atomic E-state index is 0.192. The van der Waals surface area contributed by atoms with Crippen LogP contribution in [0.1, 0.15) is 5.56 Å². The van der Waals surface area contributed by atoms with E-state index < -0.39 is 5.82 Å². The highest BCUT2D eigenvalue weighted by Crippen LogP contribution is 2.35. The number of methoxy groups -OCH3 is 1. The molecule has 0 radical (unpaired) electrons. The zero-order valence-corrected chi connectivity index (χ0v) is 13.4. The molecule has 0 aliphatic carbocycles. The lowest BCUT2D eigenvalue weighted by molar-refractivity contribution is 0.417. The van der Waals surface area contributed by atoms with Crippen molar-refractivity contribution in [2.45, 2.75) is 0 Å². The summed E-state index contributed by atoms with van der Waals surface area (Å²) in [4.78, 5) is 4.23. The number of ether oxygens (including phenoxy) is 1. The summed E-state index contributed by atoms with van der Waals surface area (Å²) in [7, 11) is 1.50. The van der Waals surface area contributed by atoms with Crippen LogP contribution >= 0.6 is 11.6 Å². The van der Waals surface area contributed by atoms with Crippen LogP contribution in [-0.4, -0.2) is 12.1 Å². The van der Waals surface area contributed by atoms with Crippen molar-refractivity contribution in [2.24, 2.45) is 0 Å². The number of rotatable bonds is 3. The Balaban J connectivity index is 2.21. The van der Waals surface area contributed by atoms with Crippen molar-refractivity contribution in [2.75, 3.05) is 18.2 Å². The first kappa shape index (κ1) is 15.8. The number of nitrogens with zero attached hydrogens (tertiary/aromatic N) is 2. The van der Waals surface area contributed by atoms with Gasteiger partial charge in [-0.15, -0.1) is 0 Å². The number of anilines is 3. The van der Waals surface area contributed by atoms with E-state index in [-0.39, 0.29) is 16.3 Å². The van der Waals surface area contributed by atoms with Crippen LogP contribution in [0.3, 0.4) is 0 Å². The molecule has 0 unspecified atom stereocenters. The fourth-order valence-corrected chi connectivity index (χ4v) is 2.52. The average Bonchev–Trinajstić information content (AvgIpc) is 2.57. The minimum Gasteiger partial charge on any atom is -0.495 e. The minimum atomic E-state index is -0.530. The molecule has 1 aromatic heterocycles. The number of fused-ring (bicyclic) bond motifs is 1. The predicted molar refractivity (Wildman–Crippen MR) is 92.1 cm³/mol. The van der Waals surface area contributed by atoms with Crippen LogP contribution in [0.2, 0.25) is 5.02 Å². The summed E-state index contributed by atoms with van der Waals surface area (Å²) in [6, 6.07) is 9.58. The Kier molecular flexibility index (Phi) is 4.11. The fraction of sp³-hybridized carbons (Fsp3) is 0.0588. The molecule has 3 rings (SSSR count). The third-order valence-electron chi connectivity index (χ3n) is 3.53. The van der Waals surface area contributed by atoms with Crippen LogP contribution in [-0.2, 0) is 0 Å². The number of halogens is 2. The first-order valence-corrected chi connectivity index (χ1v) is 7.29. The van der Waals surface area contributed by atoms with Gasteiger partial charge in [-0.3, -0.25) is 4.98 Å². The lowest BCUT2D eigenvalue weighted by Crippen LogP contribution is -2.00. The molecule has 0 fully saturated rings. The third kappa shape index (κ3) is 2.77. The van der Waals surface area contributed by atoms with Crippen molar-refractivity contribution < 1.29 is 9.13 Å². The van der Waals surface area contributed by atoms with Crippen LogP contribution in [0.4, 0.5) is 21.5 Å². The molecule has 3 aromatic rings. The molecule has 0 spiro atoms. The lowest BCUT2D eigenvalue weighted by Gasteiger charge is -2.14. The van der Waals surface area contributed by atoms with Gasteiger partial charge in [-0.25, -0.2) is 4.39 Å². The van der Waals surface area contributed by atoms with Gasteiger partial charge in [0, 0.05) is 22.7 Å². The Morgan fingerprint density at radius 1 is 1.33 bits per heavy atom. The molecule has 2 aromatic carbocycles. The number of hydrogen-bond acceptors (Lipinski definition) is 5. The Labute approximate surface area is 142 Å². The van der Waals surface area contributed by atoms with Gasteiger partial charge in [-0.2, -0.15) is 5.26 Å². The van der Waals surface area contributed by atoms with Gasteiger partial charge >= 0.3 is 0 Å². The highest BCUT2D eigenvalue weighted by Gasteiger charge is 2.14. The molecule has 0 saturated heterocycles. The van der Waals surface area contributed by atoms with Crippen molar-refractivity contribution in [1.29, 1.82) is 5.26 Å². The molecule has 24 heavy (non-hydrogen) atoms. The number of nitriles is 1. The van der Waals surface area contributed by atoms with Crippen molar-refractivity contribution >= 4 is 39.6 Å². The smallest absolute Gasteiger partial charge is 0.148 e. The van der Waals surface area contributed by atoms with E-state index in [1.165, 1.54) is 25.4 Å². The SMILES string of the molecule is COc1cc2ncc(C#N)c(Nc3ccc(Cl)cc3F)c2cc1N. The van der Waals surface area contributed by atoms with Gasteiger partial charge in [0.15, 0.2) is 0 Å². The molecule has 0 atom stereocenters. The second-order valence-corrected chi connectivity index (χ2v) is 5.46. The second-order valence-electron chi connectivity index (χ2n) is 5.02. The maximum absolute atomic E-state index is 14.1. The molecule has 120 valence electrons. The highest BCUT2D eigenvalue weighted by molar-refractivity contribution is 6.30. The Morgan fingerprint density at radius 2 is 2.12 bits per heavy atom. The summed E-state index contributed by atoms with van der Waals surface area (Å²) in [6.45, 7) is 0. The van der Waals surface area contributed by atoms with Crippen molar-refractivity contribution in [3.05, 3.63) is 52.9 Å². The van der Waals surface area contributed by atoms with Crippen LogP contribution in [0, 0.1) is 17.1 Å². The average molecular weight is 343 g/mol. The molecule has 3 N–H and O–H groups in total. The maximum Gasteiger partial charge on any atom is 0.148 e. The third-order valence-corrected chi connectivity index (χ3v) is 3.77. The van der Waals surface area contributed by atoms with E-state index in [1.807, 2.05) is 6.07 Å². The van der Waals surface area contributed by atoms with Gasteiger partial charge in [0.05, 0.1) is 35.3 Å². The Hall–Kier alpha value is -3.04. The van der Waals surface area contributed by atoms with Crippen LogP contribution in [0.5, 0.6) is 5.75 Å². The predicted octanol–water partition coefficient (Wildman–Crippen LogP) is 4.23. The van der Waals surface area contributed by atoms with E-state index in [9.17, 15) is 9.65 Å². The van der Waals surface area contributed by atoms with E-state index in [0.29, 0.717) is 28.0 Å². The van der Waals surface area contributed by atoms with Crippen LogP contribution < -0.4 is 15.8 Å². The quantitative estimate of drug-likeness (QED) is 0.696. The molecule has 0 amide bonds. The first-order chi connectivity index (χ1) is 11.5. The highest BCUT2D eigenvalue weighted by atomic mass is 35.5. The normalized spacial score (nSPS) is 10.4. The van der Waals surface area contributed by atoms with Crippen LogP contribution in [0.25, 0.3) is 10.9 Å². The zero-order valence-electron chi connectivity index (χ0n) is 12.6. The van der Waals surface area contributed by atoms with Gasteiger partial charge in [0.2, 0.25) is 0 Å². The molecule has 1 heterocycles. The second kappa shape index (κ2) is 6.22. The molecule has 0 aliphatic rings. The maximum atomic E-state index is 14.1. The first-order valence-electron chi connectivity index (χ1n) is 6.92. The summed E-state index contributed by atoms with van der Waals surface area (Å²) in [5.74, 6) is -0.0545. The van der Waals surface area contributed by atoms with E-state index >= 15 is 0 Å². The molecular weight excluding hydrogens is 331 g/mol. The number of benzene rings is 2. The standard InChI is InChI=1S/C17H12ClFN4O/c1-24-16-6-15-11(5-13(16)21)17(9(7-20)8-22-15)23-14-3-2-10(18)4-12(14)19/h2-6,8H,21H2,1H3,(H,22,23). The molecule has 0 bridgehead atoms. The van der Waals surface area contributed by atoms with E-state index in [0.717, 1.165) is 0 Å². The molecule has 0 aliphatic heterocycles. The topological polar surface area (TPSA) is 84.0 Å². The number of nitrogens with one attached hydrogen (secondary N) is 1. The summed E-state index contributed by atoms with van der Waals surface area (Å²) in [5.41, 5.74) is 7.78.